The Morgan fingerprint density at radius 2 is 1.77 bits per heavy atom. The van der Waals surface area contributed by atoms with Crippen LogP contribution in [0.25, 0.3) is 21.9 Å². The zero-order chi connectivity index (χ0) is 19.0. The number of fused-ring (bicyclic) bond motifs is 1. The molecule has 1 heterocycles. The SMILES string of the molecule is COC(=O)C(O)c1c(-c2ccc(C)cc2C)c2ccccc2c(=O)n1C. The highest BCUT2D eigenvalue weighted by atomic mass is 16.5. The molecule has 1 N–H and O–H groups in total. The zero-order valence-electron chi connectivity index (χ0n) is 15.2. The Morgan fingerprint density at radius 1 is 1.12 bits per heavy atom. The Labute approximate surface area is 151 Å². The Hall–Kier alpha value is -2.92. The second-order valence-corrected chi connectivity index (χ2v) is 6.41. The molecule has 0 spiro atoms. The largest absolute Gasteiger partial charge is 0.467 e. The molecular weight excluding hydrogens is 330 g/mol. The predicted octanol–water partition coefficient (Wildman–Crippen LogP) is 3.03. The van der Waals surface area contributed by atoms with Gasteiger partial charge in [0, 0.05) is 18.0 Å². The van der Waals surface area contributed by atoms with Crippen LogP contribution in [-0.2, 0) is 16.6 Å². The van der Waals surface area contributed by atoms with E-state index in [9.17, 15) is 14.7 Å². The highest BCUT2D eigenvalue weighted by Gasteiger charge is 2.28. The van der Waals surface area contributed by atoms with E-state index < -0.39 is 12.1 Å². The molecule has 0 bridgehead atoms. The van der Waals surface area contributed by atoms with Crippen molar-refractivity contribution in [2.45, 2.75) is 20.0 Å². The summed E-state index contributed by atoms with van der Waals surface area (Å²) in [6, 6.07) is 13.2. The van der Waals surface area contributed by atoms with E-state index in [0.717, 1.165) is 16.7 Å². The number of pyridine rings is 1. The predicted molar refractivity (Wildman–Crippen MR) is 101 cm³/mol. The summed E-state index contributed by atoms with van der Waals surface area (Å²) < 4.78 is 6.04. The highest BCUT2D eigenvalue weighted by molar-refractivity contribution is 5.99. The number of aromatic nitrogens is 1. The van der Waals surface area contributed by atoms with Crippen molar-refractivity contribution >= 4 is 16.7 Å². The van der Waals surface area contributed by atoms with E-state index in [1.54, 1.807) is 19.2 Å². The fraction of sp³-hybridized carbons (Fsp3) is 0.238. The average molecular weight is 351 g/mol. The van der Waals surface area contributed by atoms with Crippen LogP contribution < -0.4 is 5.56 Å². The summed E-state index contributed by atoms with van der Waals surface area (Å²) in [7, 11) is 2.77. The van der Waals surface area contributed by atoms with E-state index in [1.165, 1.54) is 11.7 Å². The summed E-state index contributed by atoms with van der Waals surface area (Å²) in [6.07, 6.45) is -1.56. The number of benzene rings is 2. The molecule has 5 heteroatoms. The van der Waals surface area contributed by atoms with Gasteiger partial charge in [0.15, 0.2) is 6.10 Å². The lowest BCUT2D eigenvalue weighted by molar-refractivity contribution is -0.151. The molecule has 3 aromatic rings. The van der Waals surface area contributed by atoms with E-state index in [4.69, 9.17) is 4.74 Å². The van der Waals surface area contributed by atoms with Crippen molar-refractivity contribution in [3.05, 3.63) is 69.6 Å². The minimum atomic E-state index is -1.56. The molecule has 0 aliphatic heterocycles. The van der Waals surface area contributed by atoms with Gasteiger partial charge in [0.2, 0.25) is 0 Å². The Bertz CT molecular complexity index is 1070. The first-order chi connectivity index (χ1) is 12.4. The molecule has 0 saturated carbocycles. The fourth-order valence-electron chi connectivity index (χ4n) is 3.40. The smallest absolute Gasteiger partial charge is 0.340 e. The quantitative estimate of drug-likeness (QED) is 0.737. The van der Waals surface area contributed by atoms with E-state index in [1.807, 2.05) is 44.2 Å². The molecule has 134 valence electrons. The van der Waals surface area contributed by atoms with Crippen LogP contribution in [0.5, 0.6) is 0 Å². The molecule has 1 atom stereocenters. The molecule has 5 nitrogen and oxygen atoms in total. The number of hydrogen-bond donors (Lipinski definition) is 1. The van der Waals surface area contributed by atoms with Gasteiger partial charge in [-0.05, 0) is 36.4 Å². The number of aliphatic hydroxyl groups is 1. The average Bonchev–Trinajstić information content (AvgIpc) is 2.64. The second kappa shape index (κ2) is 6.77. The van der Waals surface area contributed by atoms with Crippen molar-refractivity contribution in [2.75, 3.05) is 7.11 Å². The Kier molecular flexibility index (Phi) is 4.66. The number of methoxy groups -OCH3 is 1. The minimum Gasteiger partial charge on any atom is -0.467 e. The van der Waals surface area contributed by atoms with Gasteiger partial charge in [-0.1, -0.05) is 42.0 Å². The number of ether oxygens (including phenoxy) is 1. The lowest BCUT2D eigenvalue weighted by Gasteiger charge is -2.21. The summed E-state index contributed by atoms with van der Waals surface area (Å²) >= 11 is 0. The van der Waals surface area contributed by atoms with E-state index >= 15 is 0 Å². The molecule has 0 fully saturated rings. The van der Waals surface area contributed by atoms with Gasteiger partial charge >= 0.3 is 5.97 Å². The zero-order valence-corrected chi connectivity index (χ0v) is 15.2. The maximum Gasteiger partial charge on any atom is 0.340 e. The summed E-state index contributed by atoms with van der Waals surface area (Å²) in [5.41, 5.74) is 3.58. The number of nitrogens with zero attached hydrogens (tertiary/aromatic N) is 1. The van der Waals surface area contributed by atoms with Gasteiger partial charge in [-0.15, -0.1) is 0 Å². The van der Waals surface area contributed by atoms with Gasteiger partial charge in [0.25, 0.3) is 5.56 Å². The number of rotatable bonds is 3. The Balaban J connectivity index is 2.51. The number of esters is 1. The number of hydrogen-bond acceptors (Lipinski definition) is 4. The van der Waals surface area contributed by atoms with Crippen LogP contribution in [0.3, 0.4) is 0 Å². The molecule has 0 amide bonds. The number of aryl methyl sites for hydroxylation is 2. The molecule has 0 aliphatic rings. The summed E-state index contributed by atoms with van der Waals surface area (Å²) in [5.74, 6) is -0.804. The number of aliphatic hydroxyl groups excluding tert-OH is 1. The maximum absolute atomic E-state index is 12.8. The summed E-state index contributed by atoms with van der Waals surface area (Å²) in [4.78, 5) is 24.8. The third kappa shape index (κ3) is 2.80. The first-order valence-electron chi connectivity index (χ1n) is 8.32. The Morgan fingerprint density at radius 3 is 2.38 bits per heavy atom. The van der Waals surface area contributed by atoms with Crippen molar-refractivity contribution < 1.29 is 14.6 Å². The van der Waals surface area contributed by atoms with Gasteiger partial charge in [0.1, 0.15) is 0 Å². The molecule has 0 aliphatic carbocycles. The van der Waals surface area contributed by atoms with Gasteiger partial charge < -0.3 is 14.4 Å². The monoisotopic (exact) mass is 351 g/mol. The van der Waals surface area contributed by atoms with Crippen molar-refractivity contribution in [1.29, 1.82) is 0 Å². The minimum absolute atomic E-state index is 0.229. The van der Waals surface area contributed by atoms with Crippen LogP contribution in [0.2, 0.25) is 0 Å². The van der Waals surface area contributed by atoms with Crippen LogP contribution in [-0.4, -0.2) is 22.8 Å². The fourth-order valence-corrected chi connectivity index (χ4v) is 3.40. The van der Waals surface area contributed by atoms with Crippen molar-refractivity contribution in [3.8, 4) is 11.1 Å². The normalized spacial score (nSPS) is 12.2. The lowest BCUT2D eigenvalue weighted by atomic mass is 9.91. The van der Waals surface area contributed by atoms with E-state index in [0.29, 0.717) is 16.3 Å². The molecule has 26 heavy (non-hydrogen) atoms. The summed E-state index contributed by atoms with van der Waals surface area (Å²) in [6.45, 7) is 3.97. The molecule has 0 saturated heterocycles. The first kappa shape index (κ1) is 17.9. The number of carbonyl (C=O) groups excluding carboxylic acids is 1. The van der Waals surface area contributed by atoms with Crippen LogP contribution in [0, 0.1) is 13.8 Å². The highest BCUT2D eigenvalue weighted by Crippen LogP contribution is 2.36. The second-order valence-electron chi connectivity index (χ2n) is 6.41. The van der Waals surface area contributed by atoms with Crippen LogP contribution >= 0.6 is 0 Å². The van der Waals surface area contributed by atoms with Gasteiger partial charge in [-0.25, -0.2) is 4.79 Å². The molecule has 2 aromatic carbocycles. The van der Waals surface area contributed by atoms with Crippen LogP contribution in [0.4, 0.5) is 0 Å². The van der Waals surface area contributed by atoms with Gasteiger partial charge in [0.05, 0.1) is 12.8 Å². The van der Waals surface area contributed by atoms with Gasteiger partial charge in [-0.3, -0.25) is 4.79 Å². The van der Waals surface area contributed by atoms with Crippen molar-refractivity contribution in [3.63, 3.8) is 0 Å². The molecule has 0 radical (unpaired) electrons. The van der Waals surface area contributed by atoms with Crippen molar-refractivity contribution in [1.82, 2.24) is 4.57 Å². The third-order valence-electron chi connectivity index (χ3n) is 4.68. The van der Waals surface area contributed by atoms with Crippen LogP contribution in [0.15, 0.2) is 47.3 Å². The third-order valence-corrected chi connectivity index (χ3v) is 4.68. The molecule has 1 unspecified atom stereocenters. The van der Waals surface area contributed by atoms with Gasteiger partial charge in [-0.2, -0.15) is 0 Å². The van der Waals surface area contributed by atoms with E-state index in [-0.39, 0.29) is 11.3 Å². The van der Waals surface area contributed by atoms with E-state index in [2.05, 4.69) is 0 Å². The maximum atomic E-state index is 12.8. The van der Waals surface area contributed by atoms with Crippen LogP contribution in [0.1, 0.15) is 22.9 Å². The molecule has 1 aromatic heterocycles. The summed E-state index contributed by atoms with van der Waals surface area (Å²) in [5, 5.41) is 11.8. The first-order valence-corrected chi connectivity index (χ1v) is 8.32. The molecular formula is C21H21NO4. The lowest BCUT2D eigenvalue weighted by Crippen LogP contribution is -2.27. The topological polar surface area (TPSA) is 68.5 Å². The molecule has 3 rings (SSSR count). The standard InChI is InChI=1S/C21H21NO4/c1-12-9-10-14(13(2)11-12)17-15-7-5-6-8-16(15)20(24)22(3)18(17)19(23)21(25)26-4/h5-11,19,23H,1-4H3. The number of carbonyl (C=O) groups is 1. The van der Waals surface area contributed by atoms with Crippen molar-refractivity contribution in [2.24, 2.45) is 7.05 Å².